The molecule has 0 saturated carbocycles. The lowest BCUT2D eigenvalue weighted by Gasteiger charge is -2.38. The van der Waals surface area contributed by atoms with Crippen molar-refractivity contribution in [2.75, 3.05) is 13.1 Å². The molecule has 1 amide bonds. The number of ether oxygens (including phenoxy) is 1. The fraction of sp³-hybridized carbons (Fsp3) is 0.636. The average Bonchev–Trinajstić information content (AvgIpc) is 1.98. The number of amides is 1. The Balaban J connectivity index is 2.30. The first kappa shape index (κ1) is 11.6. The molecule has 82 valence electrons. The second-order valence-corrected chi connectivity index (χ2v) is 4.63. The second kappa shape index (κ2) is 4.35. The van der Waals surface area contributed by atoms with Crippen molar-refractivity contribution in [1.29, 1.82) is 5.26 Å². The summed E-state index contributed by atoms with van der Waals surface area (Å²) in [5.41, 5.74) is -0.440. The van der Waals surface area contributed by atoms with E-state index < -0.39 is 5.60 Å². The normalized spacial score (nSPS) is 17.3. The SMILES string of the molecule is CC(C)(C)OC(=O)N1CC(C=CC#N)C1. The molecule has 0 aromatic carbocycles. The van der Waals surface area contributed by atoms with E-state index in [-0.39, 0.29) is 6.09 Å². The van der Waals surface area contributed by atoms with E-state index in [1.54, 1.807) is 4.90 Å². The van der Waals surface area contributed by atoms with E-state index in [1.807, 2.05) is 32.9 Å². The maximum Gasteiger partial charge on any atom is 0.410 e. The number of allylic oxidation sites excluding steroid dienone is 1. The van der Waals surface area contributed by atoms with Gasteiger partial charge in [0.1, 0.15) is 5.60 Å². The zero-order valence-corrected chi connectivity index (χ0v) is 9.36. The molecule has 0 aromatic heterocycles. The van der Waals surface area contributed by atoms with Crippen LogP contribution in [0.15, 0.2) is 12.2 Å². The molecule has 15 heavy (non-hydrogen) atoms. The Bertz CT molecular complexity index is 304. The fourth-order valence-electron chi connectivity index (χ4n) is 1.29. The lowest BCUT2D eigenvalue weighted by molar-refractivity contribution is 0.00493. The molecule has 1 saturated heterocycles. The number of carbonyl (C=O) groups is 1. The zero-order chi connectivity index (χ0) is 11.5. The van der Waals surface area contributed by atoms with Crippen LogP contribution in [0.3, 0.4) is 0 Å². The van der Waals surface area contributed by atoms with Crippen LogP contribution in [0, 0.1) is 17.2 Å². The van der Waals surface area contributed by atoms with Crippen molar-refractivity contribution in [3.63, 3.8) is 0 Å². The first-order valence-electron chi connectivity index (χ1n) is 4.96. The zero-order valence-electron chi connectivity index (χ0n) is 9.36. The molecule has 0 bridgehead atoms. The molecule has 1 aliphatic rings. The van der Waals surface area contributed by atoms with Gasteiger partial charge in [0, 0.05) is 25.1 Å². The fourth-order valence-corrected chi connectivity index (χ4v) is 1.29. The van der Waals surface area contributed by atoms with Gasteiger partial charge in [-0.05, 0) is 20.8 Å². The van der Waals surface area contributed by atoms with Gasteiger partial charge in [-0.3, -0.25) is 0 Å². The number of likely N-dealkylation sites (tertiary alicyclic amines) is 1. The van der Waals surface area contributed by atoms with Crippen molar-refractivity contribution in [2.45, 2.75) is 26.4 Å². The largest absolute Gasteiger partial charge is 0.444 e. The average molecular weight is 208 g/mol. The highest BCUT2D eigenvalue weighted by molar-refractivity contribution is 5.69. The maximum absolute atomic E-state index is 11.5. The van der Waals surface area contributed by atoms with Crippen molar-refractivity contribution in [3.8, 4) is 6.07 Å². The van der Waals surface area contributed by atoms with Gasteiger partial charge in [-0.2, -0.15) is 5.26 Å². The Morgan fingerprint density at radius 2 is 2.13 bits per heavy atom. The van der Waals surface area contributed by atoms with Gasteiger partial charge in [0.15, 0.2) is 0 Å². The quantitative estimate of drug-likeness (QED) is 0.619. The first-order valence-corrected chi connectivity index (χ1v) is 4.96. The van der Waals surface area contributed by atoms with E-state index in [0.29, 0.717) is 19.0 Å². The van der Waals surface area contributed by atoms with Crippen LogP contribution < -0.4 is 0 Å². The molecule has 0 spiro atoms. The third-order valence-electron chi connectivity index (χ3n) is 2.00. The summed E-state index contributed by atoms with van der Waals surface area (Å²) in [6.45, 7) is 6.83. The molecule has 0 aliphatic carbocycles. The number of nitriles is 1. The molecule has 0 radical (unpaired) electrons. The first-order chi connectivity index (χ1) is 6.92. The molecule has 1 fully saturated rings. The van der Waals surface area contributed by atoms with Gasteiger partial charge in [0.2, 0.25) is 0 Å². The summed E-state index contributed by atoms with van der Waals surface area (Å²) < 4.78 is 5.19. The monoisotopic (exact) mass is 208 g/mol. The molecular weight excluding hydrogens is 192 g/mol. The Morgan fingerprint density at radius 3 is 2.60 bits per heavy atom. The van der Waals surface area contributed by atoms with E-state index >= 15 is 0 Å². The van der Waals surface area contributed by atoms with Crippen LogP contribution >= 0.6 is 0 Å². The van der Waals surface area contributed by atoms with Crippen molar-refractivity contribution >= 4 is 6.09 Å². The number of hydrogen-bond acceptors (Lipinski definition) is 3. The van der Waals surface area contributed by atoms with E-state index in [1.165, 1.54) is 6.08 Å². The van der Waals surface area contributed by atoms with Crippen LogP contribution in [-0.4, -0.2) is 29.7 Å². The molecule has 0 atom stereocenters. The van der Waals surface area contributed by atoms with Crippen LogP contribution in [0.2, 0.25) is 0 Å². The number of nitrogens with zero attached hydrogens (tertiary/aromatic N) is 2. The Hall–Kier alpha value is -1.50. The topological polar surface area (TPSA) is 53.3 Å². The van der Waals surface area contributed by atoms with E-state index in [4.69, 9.17) is 10.00 Å². The van der Waals surface area contributed by atoms with Gasteiger partial charge >= 0.3 is 6.09 Å². The van der Waals surface area contributed by atoms with Gasteiger partial charge in [0.25, 0.3) is 0 Å². The lowest BCUT2D eigenvalue weighted by atomic mass is 10.0. The van der Waals surface area contributed by atoms with E-state index in [2.05, 4.69) is 0 Å². The Labute approximate surface area is 90.1 Å². The third kappa shape index (κ3) is 3.62. The molecule has 0 N–H and O–H groups in total. The highest BCUT2D eigenvalue weighted by atomic mass is 16.6. The van der Waals surface area contributed by atoms with Gasteiger partial charge in [-0.1, -0.05) is 6.08 Å². The molecule has 4 heteroatoms. The molecule has 0 aromatic rings. The van der Waals surface area contributed by atoms with Gasteiger partial charge in [-0.15, -0.1) is 0 Å². The van der Waals surface area contributed by atoms with Crippen LogP contribution in [0.25, 0.3) is 0 Å². The summed E-state index contributed by atoms with van der Waals surface area (Å²) in [6, 6.07) is 1.93. The molecule has 1 rings (SSSR count). The smallest absolute Gasteiger partial charge is 0.410 e. The minimum absolute atomic E-state index is 0.274. The Morgan fingerprint density at radius 1 is 1.53 bits per heavy atom. The molecule has 1 aliphatic heterocycles. The van der Waals surface area contributed by atoms with E-state index in [0.717, 1.165) is 0 Å². The predicted octanol–water partition coefficient (Wildman–Crippen LogP) is 1.93. The van der Waals surface area contributed by atoms with Crippen LogP contribution in [-0.2, 0) is 4.74 Å². The predicted molar refractivity (Wildman–Crippen MR) is 56.1 cm³/mol. The second-order valence-electron chi connectivity index (χ2n) is 4.63. The summed E-state index contributed by atoms with van der Waals surface area (Å²) in [7, 11) is 0. The number of hydrogen-bond donors (Lipinski definition) is 0. The van der Waals surface area contributed by atoms with Gasteiger partial charge < -0.3 is 9.64 Å². The minimum atomic E-state index is -0.440. The summed E-state index contributed by atoms with van der Waals surface area (Å²) >= 11 is 0. The standard InChI is InChI=1S/C11H16N2O2/c1-11(2,3)15-10(14)13-7-9(8-13)5-4-6-12/h4-5,9H,7-8H2,1-3H3. The summed E-state index contributed by atoms with van der Waals surface area (Å²) in [4.78, 5) is 13.1. The molecule has 1 heterocycles. The van der Waals surface area contributed by atoms with Gasteiger partial charge in [-0.25, -0.2) is 4.79 Å². The Kier molecular flexibility index (Phi) is 3.35. The highest BCUT2D eigenvalue weighted by Gasteiger charge is 2.31. The van der Waals surface area contributed by atoms with E-state index in [9.17, 15) is 4.79 Å². The van der Waals surface area contributed by atoms with Crippen molar-refractivity contribution in [3.05, 3.63) is 12.2 Å². The van der Waals surface area contributed by atoms with Crippen LogP contribution in [0.4, 0.5) is 4.79 Å². The van der Waals surface area contributed by atoms with Crippen LogP contribution in [0.1, 0.15) is 20.8 Å². The van der Waals surface area contributed by atoms with Crippen molar-refractivity contribution in [1.82, 2.24) is 4.90 Å². The lowest BCUT2D eigenvalue weighted by Crippen LogP contribution is -2.50. The number of rotatable bonds is 1. The highest BCUT2D eigenvalue weighted by Crippen LogP contribution is 2.20. The van der Waals surface area contributed by atoms with Gasteiger partial charge in [0.05, 0.1) is 6.07 Å². The molecular formula is C11H16N2O2. The maximum atomic E-state index is 11.5. The summed E-state index contributed by atoms with van der Waals surface area (Å²) in [6.07, 6.45) is 3.00. The van der Waals surface area contributed by atoms with Crippen molar-refractivity contribution < 1.29 is 9.53 Å². The third-order valence-corrected chi connectivity index (χ3v) is 2.00. The molecule has 4 nitrogen and oxygen atoms in total. The van der Waals surface area contributed by atoms with Crippen molar-refractivity contribution in [2.24, 2.45) is 5.92 Å². The summed E-state index contributed by atoms with van der Waals surface area (Å²) in [5.74, 6) is 0.303. The number of carbonyl (C=O) groups excluding carboxylic acids is 1. The summed E-state index contributed by atoms with van der Waals surface area (Å²) in [5, 5.41) is 8.32. The van der Waals surface area contributed by atoms with Crippen LogP contribution in [0.5, 0.6) is 0 Å². The molecule has 0 unspecified atom stereocenters. The minimum Gasteiger partial charge on any atom is -0.444 e.